The van der Waals surface area contributed by atoms with E-state index in [1.54, 1.807) is 0 Å². The second-order valence-corrected chi connectivity index (χ2v) is 3.88. The maximum Gasteiger partial charge on any atom is 0.406 e. The molecule has 1 rings (SSSR count). The Kier molecular flexibility index (Phi) is 3.87. The summed E-state index contributed by atoms with van der Waals surface area (Å²) in [6.45, 7) is -1.34. The highest BCUT2D eigenvalue weighted by Gasteiger charge is 2.32. The van der Waals surface area contributed by atoms with Crippen LogP contribution in [0.4, 0.5) is 18.9 Å². The van der Waals surface area contributed by atoms with Gasteiger partial charge in [-0.2, -0.15) is 13.2 Å². The molecule has 0 radical (unpaired) electrons. The van der Waals surface area contributed by atoms with Crippen LogP contribution in [0.15, 0.2) is 18.2 Å². The van der Waals surface area contributed by atoms with E-state index in [2.05, 4.69) is 0 Å². The van der Waals surface area contributed by atoms with Gasteiger partial charge in [-0.15, -0.1) is 0 Å². The number of carbonyl (C=O) groups is 1. The minimum atomic E-state index is -4.45. The predicted molar refractivity (Wildman–Crippen MR) is 58.9 cm³/mol. The molecule has 0 saturated carbocycles. The van der Waals surface area contributed by atoms with Gasteiger partial charge in [0.2, 0.25) is 0 Å². The lowest BCUT2D eigenvalue weighted by Crippen LogP contribution is -2.36. The normalized spacial score (nSPS) is 11.4. The molecule has 1 aromatic rings. The van der Waals surface area contributed by atoms with Gasteiger partial charge < -0.3 is 10.6 Å². The van der Waals surface area contributed by atoms with Gasteiger partial charge in [0.25, 0.3) is 5.91 Å². The summed E-state index contributed by atoms with van der Waals surface area (Å²) in [4.78, 5) is 12.2. The van der Waals surface area contributed by atoms with E-state index in [1.165, 1.54) is 18.2 Å². The van der Waals surface area contributed by atoms with Gasteiger partial charge in [0.1, 0.15) is 6.54 Å². The molecule has 0 aliphatic carbocycles. The van der Waals surface area contributed by atoms with Crippen molar-refractivity contribution < 1.29 is 18.0 Å². The SMILES string of the molecule is CN(CC(F)(F)F)C(=O)c1cccc(Cl)c1N. The van der Waals surface area contributed by atoms with Crippen molar-refractivity contribution in [2.24, 2.45) is 0 Å². The third-order valence-corrected chi connectivity index (χ3v) is 2.38. The second-order valence-electron chi connectivity index (χ2n) is 3.48. The maximum atomic E-state index is 12.1. The molecule has 0 fully saturated rings. The summed E-state index contributed by atoms with van der Waals surface area (Å²) in [5, 5.41) is 0.135. The van der Waals surface area contributed by atoms with E-state index in [1.807, 2.05) is 0 Å². The molecule has 0 spiro atoms. The lowest BCUT2D eigenvalue weighted by molar-refractivity contribution is -0.138. The number of hydrogen-bond acceptors (Lipinski definition) is 2. The number of benzene rings is 1. The van der Waals surface area contributed by atoms with Gasteiger partial charge in [-0.3, -0.25) is 4.79 Å². The van der Waals surface area contributed by atoms with Crippen molar-refractivity contribution in [1.82, 2.24) is 4.90 Å². The standard InChI is InChI=1S/C10H10ClF3N2O/c1-16(5-10(12,13)14)9(17)6-3-2-4-7(11)8(6)15/h2-4H,5,15H2,1H3. The Morgan fingerprint density at radius 2 is 2.06 bits per heavy atom. The number of para-hydroxylation sites is 1. The third kappa shape index (κ3) is 3.52. The summed E-state index contributed by atoms with van der Waals surface area (Å²) >= 11 is 5.68. The Morgan fingerprint density at radius 1 is 1.47 bits per heavy atom. The van der Waals surface area contributed by atoms with E-state index < -0.39 is 18.6 Å². The minimum Gasteiger partial charge on any atom is -0.397 e. The zero-order valence-corrected chi connectivity index (χ0v) is 9.64. The molecule has 0 atom stereocenters. The molecular weight excluding hydrogens is 257 g/mol. The summed E-state index contributed by atoms with van der Waals surface area (Å²) in [6.07, 6.45) is -4.45. The Morgan fingerprint density at radius 3 is 2.59 bits per heavy atom. The van der Waals surface area contributed by atoms with Gasteiger partial charge in [0, 0.05) is 7.05 Å². The fraction of sp³-hybridized carbons (Fsp3) is 0.300. The highest BCUT2D eigenvalue weighted by Crippen LogP contribution is 2.24. The molecule has 0 aliphatic heterocycles. The quantitative estimate of drug-likeness (QED) is 0.836. The van der Waals surface area contributed by atoms with Crippen LogP contribution in [-0.4, -0.2) is 30.6 Å². The van der Waals surface area contributed by atoms with Gasteiger partial charge in [-0.25, -0.2) is 0 Å². The molecule has 0 unspecified atom stereocenters. The van der Waals surface area contributed by atoms with Crippen LogP contribution in [-0.2, 0) is 0 Å². The Labute approximate surface area is 101 Å². The van der Waals surface area contributed by atoms with Crippen LogP contribution in [0, 0.1) is 0 Å². The fourth-order valence-corrected chi connectivity index (χ4v) is 1.44. The van der Waals surface area contributed by atoms with E-state index in [0.29, 0.717) is 4.90 Å². The first-order valence-corrected chi connectivity index (χ1v) is 4.96. The molecule has 0 aromatic heterocycles. The first kappa shape index (κ1) is 13.6. The largest absolute Gasteiger partial charge is 0.406 e. The average Bonchev–Trinajstić information content (AvgIpc) is 2.18. The van der Waals surface area contributed by atoms with Crippen LogP contribution < -0.4 is 5.73 Å². The molecule has 17 heavy (non-hydrogen) atoms. The number of rotatable bonds is 2. The Balaban J connectivity index is 2.93. The smallest absolute Gasteiger partial charge is 0.397 e. The van der Waals surface area contributed by atoms with Crippen LogP contribution in [0.25, 0.3) is 0 Å². The molecular formula is C10H10ClF3N2O. The fourth-order valence-electron chi connectivity index (χ4n) is 1.27. The van der Waals surface area contributed by atoms with Crippen molar-refractivity contribution in [2.75, 3.05) is 19.3 Å². The van der Waals surface area contributed by atoms with Crippen molar-refractivity contribution in [3.8, 4) is 0 Å². The predicted octanol–water partition coefficient (Wildman–Crippen LogP) is 2.56. The van der Waals surface area contributed by atoms with Gasteiger partial charge in [0.15, 0.2) is 0 Å². The molecule has 7 heteroatoms. The Hall–Kier alpha value is -1.43. The number of hydrogen-bond donors (Lipinski definition) is 1. The number of halogens is 4. The van der Waals surface area contributed by atoms with E-state index in [9.17, 15) is 18.0 Å². The molecule has 2 N–H and O–H groups in total. The molecule has 1 aromatic carbocycles. The zero-order chi connectivity index (χ0) is 13.2. The molecule has 0 bridgehead atoms. The summed E-state index contributed by atoms with van der Waals surface area (Å²) in [7, 11) is 1.05. The van der Waals surface area contributed by atoms with Gasteiger partial charge in [-0.05, 0) is 12.1 Å². The summed E-state index contributed by atoms with van der Waals surface area (Å²) in [6, 6.07) is 4.24. The number of nitrogens with two attached hydrogens (primary N) is 1. The number of anilines is 1. The monoisotopic (exact) mass is 266 g/mol. The van der Waals surface area contributed by atoms with Crippen molar-refractivity contribution in [3.63, 3.8) is 0 Å². The first-order valence-electron chi connectivity index (χ1n) is 4.58. The maximum absolute atomic E-state index is 12.1. The summed E-state index contributed by atoms with van der Waals surface area (Å²) in [5.74, 6) is -0.817. The topological polar surface area (TPSA) is 46.3 Å². The third-order valence-electron chi connectivity index (χ3n) is 2.05. The van der Waals surface area contributed by atoms with Crippen molar-refractivity contribution >= 4 is 23.2 Å². The number of amides is 1. The molecule has 0 saturated heterocycles. The molecule has 94 valence electrons. The highest BCUT2D eigenvalue weighted by molar-refractivity contribution is 6.33. The average molecular weight is 267 g/mol. The van der Waals surface area contributed by atoms with Crippen molar-refractivity contribution in [1.29, 1.82) is 0 Å². The van der Waals surface area contributed by atoms with Crippen LogP contribution in [0.2, 0.25) is 5.02 Å². The van der Waals surface area contributed by atoms with E-state index in [-0.39, 0.29) is 16.3 Å². The summed E-state index contributed by atoms with van der Waals surface area (Å²) in [5.41, 5.74) is 5.47. The number of alkyl halides is 3. The van der Waals surface area contributed by atoms with Gasteiger partial charge in [-0.1, -0.05) is 17.7 Å². The lowest BCUT2D eigenvalue weighted by Gasteiger charge is -2.19. The van der Waals surface area contributed by atoms with Gasteiger partial charge in [0.05, 0.1) is 16.3 Å². The van der Waals surface area contributed by atoms with E-state index in [4.69, 9.17) is 17.3 Å². The molecule has 3 nitrogen and oxygen atoms in total. The lowest BCUT2D eigenvalue weighted by atomic mass is 10.1. The van der Waals surface area contributed by atoms with Crippen molar-refractivity contribution in [3.05, 3.63) is 28.8 Å². The second kappa shape index (κ2) is 4.83. The van der Waals surface area contributed by atoms with Crippen molar-refractivity contribution in [2.45, 2.75) is 6.18 Å². The van der Waals surface area contributed by atoms with Gasteiger partial charge >= 0.3 is 6.18 Å². The van der Waals surface area contributed by atoms with E-state index >= 15 is 0 Å². The summed E-state index contributed by atoms with van der Waals surface area (Å²) < 4.78 is 36.3. The van der Waals surface area contributed by atoms with Crippen LogP contribution >= 0.6 is 11.6 Å². The number of nitrogens with zero attached hydrogens (tertiary/aromatic N) is 1. The highest BCUT2D eigenvalue weighted by atomic mass is 35.5. The molecule has 0 aliphatic rings. The van der Waals surface area contributed by atoms with Crippen LogP contribution in [0.5, 0.6) is 0 Å². The van der Waals surface area contributed by atoms with Crippen LogP contribution in [0.3, 0.4) is 0 Å². The molecule has 0 heterocycles. The number of carbonyl (C=O) groups excluding carboxylic acids is 1. The molecule has 1 amide bonds. The van der Waals surface area contributed by atoms with E-state index in [0.717, 1.165) is 7.05 Å². The zero-order valence-electron chi connectivity index (χ0n) is 8.88. The number of nitrogen functional groups attached to an aromatic ring is 1. The minimum absolute atomic E-state index is 0.0202. The Bertz CT molecular complexity index is 434. The first-order chi connectivity index (χ1) is 7.72. The van der Waals surface area contributed by atoms with Crippen LogP contribution in [0.1, 0.15) is 10.4 Å².